The van der Waals surface area contributed by atoms with Crippen molar-refractivity contribution in [2.75, 3.05) is 43.7 Å². The average molecular weight is 473 g/mol. The minimum absolute atomic E-state index is 0.00218. The molecular weight excluding hydrogens is 440 g/mol. The van der Waals surface area contributed by atoms with Gasteiger partial charge in [-0.25, -0.2) is 8.42 Å². The van der Waals surface area contributed by atoms with Crippen LogP contribution in [0.15, 0.2) is 42.5 Å². The van der Waals surface area contributed by atoms with Gasteiger partial charge in [0.05, 0.1) is 38.3 Å². The van der Waals surface area contributed by atoms with Crippen molar-refractivity contribution < 1.29 is 22.7 Å². The van der Waals surface area contributed by atoms with Crippen LogP contribution < -0.4 is 14.4 Å². The maximum Gasteiger partial charge on any atom is 0.241 e. The summed E-state index contributed by atoms with van der Waals surface area (Å²) in [4.78, 5) is 17.0. The molecule has 0 aliphatic carbocycles. The summed E-state index contributed by atoms with van der Waals surface area (Å²) in [5.41, 5.74) is 3.01. The Morgan fingerprint density at radius 3 is 2.27 bits per heavy atom. The lowest BCUT2D eigenvalue weighted by Crippen LogP contribution is -2.62. The second-order valence-corrected chi connectivity index (χ2v) is 11.3. The Balaban J connectivity index is 1.55. The first-order valence-corrected chi connectivity index (χ1v) is 13.1. The molecule has 0 bridgehead atoms. The summed E-state index contributed by atoms with van der Waals surface area (Å²) in [5, 5.41) is 0. The monoisotopic (exact) mass is 472 g/mol. The average Bonchev–Trinajstić information content (AvgIpc) is 3.12. The van der Waals surface area contributed by atoms with E-state index in [1.165, 1.54) is 5.56 Å². The van der Waals surface area contributed by atoms with E-state index >= 15 is 0 Å². The molecule has 8 heteroatoms. The molecule has 0 aromatic heterocycles. The first kappa shape index (κ1) is 23.6. The van der Waals surface area contributed by atoms with E-state index in [1.807, 2.05) is 47.4 Å². The second-order valence-electron chi connectivity index (χ2n) is 9.13. The van der Waals surface area contributed by atoms with Gasteiger partial charge in [-0.05, 0) is 47.7 Å². The molecular formula is C25H32N2O5S. The third-order valence-electron chi connectivity index (χ3n) is 6.67. The molecule has 0 radical (unpaired) electrons. The van der Waals surface area contributed by atoms with E-state index in [9.17, 15) is 13.2 Å². The molecule has 2 aliphatic rings. The Morgan fingerprint density at radius 1 is 0.970 bits per heavy atom. The summed E-state index contributed by atoms with van der Waals surface area (Å²) in [7, 11) is -0.0271. The maximum atomic E-state index is 13.2. The van der Waals surface area contributed by atoms with Gasteiger partial charge in [-0.2, -0.15) is 0 Å². The predicted octanol–water partition coefficient (Wildman–Crippen LogP) is 2.88. The van der Waals surface area contributed by atoms with Crippen LogP contribution in [0.25, 0.3) is 0 Å². The Morgan fingerprint density at radius 2 is 1.64 bits per heavy atom. The van der Waals surface area contributed by atoms with Crippen LogP contribution in [-0.2, 0) is 21.1 Å². The molecule has 33 heavy (non-hydrogen) atoms. The van der Waals surface area contributed by atoms with E-state index in [2.05, 4.69) is 13.8 Å². The highest BCUT2D eigenvalue weighted by molar-refractivity contribution is 7.91. The third kappa shape index (κ3) is 4.87. The number of anilines is 1. The van der Waals surface area contributed by atoms with Crippen LogP contribution in [0.2, 0.25) is 0 Å². The van der Waals surface area contributed by atoms with Gasteiger partial charge < -0.3 is 14.4 Å². The fourth-order valence-electron chi connectivity index (χ4n) is 4.87. The van der Waals surface area contributed by atoms with Crippen LogP contribution in [0.3, 0.4) is 0 Å². The lowest BCUT2D eigenvalue weighted by atomic mass is 9.99. The summed E-state index contributed by atoms with van der Waals surface area (Å²) in [6.07, 6.45) is 0.681. The molecule has 2 heterocycles. The number of ether oxygens (including phenoxy) is 2. The zero-order chi connectivity index (χ0) is 23.8. The summed E-state index contributed by atoms with van der Waals surface area (Å²) in [5.74, 6) is 1.73. The van der Waals surface area contributed by atoms with E-state index in [0.29, 0.717) is 30.4 Å². The number of carbonyl (C=O) groups is 1. The Hall–Kier alpha value is -2.58. The van der Waals surface area contributed by atoms with Crippen LogP contribution in [-0.4, -0.2) is 70.1 Å². The van der Waals surface area contributed by atoms with Gasteiger partial charge >= 0.3 is 0 Å². The standard InChI is InChI=1S/C25H32N2O5S/c1-17(2)19-6-8-20(9-7-19)27-22-16-33(29,30)15-21(22)26(14-25(27)28)12-11-18-5-10-23(31-3)24(13-18)32-4/h5-10,13,17,21-22H,11-12,14-16H2,1-4H3/t21-,22-/m1/s1. The number of rotatable bonds is 7. The van der Waals surface area contributed by atoms with Gasteiger partial charge in [0.2, 0.25) is 5.91 Å². The Kier molecular flexibility index (Phi) is 6.68. The Labute approximate surface area is 196 Å². The zero-order valence-corrected chi connectivity index (χ0v) is 20.5. The summed E-state index contributed by atoms with van der Waals surface area (Å²) >= 11 is 0. The molecule has 0 spiro atoms. The number of hydrogen-bond acceptors (Lipinski definition) is 6. The van der Waals surface area contributed by atoms with E-state index in [0.717, 1.165) is 11.3 Å². The van der Waals surface area contributed by atoms with Crippen LogP contribution in [0.4, 0.5) is 5.69 Å². The molecule has 0 saturated carbocycles. The van der Waals surface area contributed by atoms with Crippen LogP contribution in [0.5, 0.6) is 11.5 Å². The van der Waals surface area contributed by atoms with Crippen LogP contribution in [0, 0.1) is 0 Å². The molecule has 4 rings (SSSR count). The van der Waals surface area contributed by atoms with Crippen molar-refractivity contribution >= 4 is 21.4 Å². The highest BCUT2D eigenvalue weighted by Crippen LogP contribution is 2.33. The number of fused-ring (bicyclic) bond motifs is 1. The van der Waals surface area contributed by atoms with Gasteiger partial charge in [-0.15, -0.1) is 0 Å². The number of piperazine rings is 1. The molecule has 2 aromatic rings. The van der Waals surface area contributed by atoms with Gasteiger partial charge in [0.1, 0.15) is 0 Å². The molecule has 2 atom stereocenters. The molecule has 2 aliphatic heterocycles. The van der Waals surface area contributed by atoms with Crippen molar-refractivity contribution in [1.29, 1.82) is 0 Å². The van der Waals surface area contributed by atoms with Gasteiger partial charge in [-0.3, -0.25) is 9.69 Å². The molecule has 0 N–H and O–H groups in total. The predicted molar refractivity (Wildman–Crippen MR) is 129 cm³/mol. The topological polar surface area (TPSA) is 76.2 Å². The first-order chi connectivity index (χ1) is 15.7. The van der Waals surface area contributed by atoms with Crippen LogP contribution >= 0.6 is 0 Å². The molecule has 2 aromatic carbocycles. The highest BCUT2D eigenvalue weighted by atomic mass is 32.2. The van der Waals surface area contributed by atoms with E-state index in [-0.39, 0.29) is 36.0 Å². The molecule has 1 amide bonds. The van der Waals surface area contributed by atoms with Crippen molar-refractivity contribution in [2.45, 2.75) is 38.3 Å². The Bertz CT molecular complexity index is 1110. The fraction of sp³-hybridized carbons (Fsp3) is 0.480. The smallest absolute Gasteiger partial charge is 0.241 e. The lowest BCUT2D eigenvalue weighted by molar-refractivity contribution is -0.123. The summed E-state index contributed by atoms with van der Waals surface area (Å²) < 4.78 is 35.9. The van der Waals surface area contributed by atoms with Gasteiger partial charge in [0.25, 0.3) is 0 Å². The van der Waals surface area contributed by atoms with Crippen molar-refractivity contribution in [3.63, 3.8) is 0 Å². The molecule has 178 valence electrons. The van der Waals surface area contributed by atoms with E-state index < -0.39 is 9.84 Å². The van der Waals surface area contributed by atoms with Crippen LogP contribution in [0.1, 0.15) is 30.9 Å². The summed E-state index contributed by atoms with van der Waals surface area (Å²) in [6.45, 7) is 5.04. The number of sulfone groups is 1. The minimum atomic E-state index is -3.22. The normalized spacial score (nSPS) is 22.5. The largest absolute Gasteiger partial charge is 0.493 e. The number of amides is 1. The van der Waals surface area contributed by atoms with Gasteiger partial charge in [-0.1, -0.05) is 32.0 Å². The fourth-order valence-corrected chi connectivity index (χ4v) is 6.85. The number of hydrogen-bond donors (Lipinski definition) is 0. The van der Waals surface area contributed by atoms with Crippen molar-refractivity contribution in [1.82, 2.24) is 4.90 Å². The first-order valence-electron chi connectivity index (χ1n) is 11.3. The molecule has 2 fully saturated rings. The number of benzene rings is 2. The molecule has 7 nitrogen and oxygen atoms in total. The van der Waals surface area contributed by atoms with Crippen molar-refractivity contribution in [3.05, 3.63) is 53.6 Å². The molecule has 2 saturated heterocycles. The molecule has 0 unspecified atom stereocenters. The summed E-state index contributed by atoms with van der Waals surface area (Å²) in [6, 6.07) is 13.1. The van der Waals surface area contributed by atoms with Crippen molar-refractivity contribution in [3.8, 4) is 11.5 Å². The SMILES string of the molecule is COc1ccc(CCN2CC(=O)N(c3ccc(C(C)C)cc3)[C@@H]3CS(=O)(=O)C[C@H]32)cc1OC. The van der Waals surface area contributed by atoms with E-state index in [1.54, 1.807) is 19.1 Å². The van der Waals surface area contributed by atoms with E-state index in [4.69, 9.17) is 9.47 Å². The third-order valence-corrected chi connectivity index (χ3v) is 8.37. The lowest BCUT2D eigenvalue weighted by Gasteiger charge is -2.43. The number of nitrogens with zero attached hydrogens (tertiary/aromatic N) is 2. The number of carbonyl (C=O) groups excluding carboxylic acids is 1. The maximum absolute atomic E-state index is 13.2. The highest BCUT2D eigenvalue weighted by Gasteiger charge is 2.49. The van der Waals surface area contributed by atoms with Crippen molar-refractivity contribution in [2.24, 2.45) is 0 Å². The minimum Gasteiger partial charge on any atom is -0.493 e. The van der Waals surface area contributed by atoms with Gasteiger partial charge in [0, 0.05) is 18.3 Å². The van der Waals surface area contributed by atoms with Gasteiger partial charge in [0.15, 0.2) is 21.3 Å². The number of methoxy groups -OCH3 is 2. The quantitative estimate of drug-likeness (QED) is 0.617. The zero-order valence-electron chi connectivity index (χ0n) is 19.7. The second kappa shape index (κ2) is 9.35.